The third-order valence-electron chi connectivity index (χ3n) is 2.04. The number of thiophene rings is 1. The molecule has 0 saturated heterocycles. The maximum absolute atomic E-state index is 5.78. The quantitative estimate of drug-likeness (QED) is 0.800. The fourth-order valence-electron chi connectivity index (χ4n) is 1.43. The van der Waals surface area contributed by atoms with Gasteiger partial charge < -0.3 is 10.5 Å². The van der Waals surface area contributed by atoms with E-state index in [2.05, 4.69) is 0 Å². The van der Waals surface area contributed by atoms with E-state index >= 15 is 0 Å². The van der Waals surface area contributed by atoms with Crippen LogP contribution in [-0.2, 0) is 5.88 Å². The zero-order chi connectivity index (χ0) is 10.1. The summed E-state index contributed by atoms with van der Waals surface area (Å²) in [6, 6.07) is 5.93. The van der Waals surface area contributed by atoms with Gasteiger partial charge in [0.15, 0.2) is 0 Å². The van der Waals surface area contributed by atoms with Gasteiger partial charge in [-0.2, -0.15) is 0 Å². The van der Waals surface area contributed by atoms with Crippen molar-refractivity contribution in [3.8, 4) is 5.75 Å². The summed E-state index contributed by atoms with van der Waals surface area (Å²) in [5, 5.41) is 1.90. The van der Waals surface area contributed by atoms with Crippen molar-refractivity contribution in [2.45, 2.75) is 5.88 Å². The van der Waals surface area contributed by atoms with Gasteiger partial charge in [-0.25, -0.2) is 0 Å². The van der Waals surface area contributed by atoms with E-state index in [0.717, 1.165) is 26.4 Å². The van der Waals surface area contributed by atoms with Gasteiger partial charge in [0.25, 0.3) is 0 Å². The molecule has 4 heteroatoms. The topological polar surface area (TPSA) is 35.2 Å². The van der Waals surface area contributed by atoms with Gasteiger partial charge in [0.2, 0.25) is 0 Å². The number of nitrogen functional groups attached to an aromatic ring is 1. The highest BCUT2D eigenvalue weighted by molar-refractivity contribution is 7.23. The predicted molar refractivity (Wildman–Crippen MR) is 62.3 cm³/mol. The second kappa shape index (κ2) is 3.67. The lowest BCUT2D eigenvalue weighted by molar-refractivity contribution is 0.420. The van der Waals surface area contributed by atoms with Gasteiger partial charge in [-0.1, -0.05) is 0 Å². The molecule has 14 heavy (non-hydrogen) atoms. The van der Waals surface area contributed by atoms with E-state index in [9.17, 15) is 0 Å². The van der Waals surface area contributed by atoms with Crippen LogP contribution in [0.5, 0.6) is 5.75 Å². The maximum Gasteiger partial charge on any atom is 0.137 e. The highest BCUT2D eigenvalue weighted by Crippen LogP contribution is 2.36. The number of benzene rings is 1. The van der Waals surface area contributed by atoms with Crippen molar-refractivity contribution in [3.63, 3.8) is 0 Å². The van der Waals surface area contributed by atoms with E-state index in [0.29, 0.717) is 5.88 Å². The van der Waals surface area contributed by atoms with E-state index in [4.69, 9.17) is 22.1 Å². The number of rotatable bonds is 2. The van der Waals surface area contributed by atoms with Crippen molar-refractivity contribution in [1.29, 1.82) is 0 Å². The Labute approximate surface area is 91.2 Å². The molecule has 0 unspecified atom stereocenters. The monoisotopic (exact) mass is 227 g/mol. The average Bonchev–Trinajstić information content (AvgIpc) is 2.56. The molecule has 2 nitrogen and oxygen atoms in total. The van der Waals surface area contributed by atoms with E-state index in [1.54, 1.807) is 7.11 Å². The van der Waals surface area contributed by atoms with Crippen molar-refractivity contribution in [2.24, 2.45) is 0 Å². The number of fused-ring (bicyclic) bond motifs is 1. The highest BCUT2D eigenvalue weighted by atomic mass is 35.5. The molecule has 0 amide bonds. The molecule has 0 fully saturated rings. The van der Waals surface area contributed by atoms with E-state index < -0.39 is 0 Å². The molecule has 0 aliphatic carbocycles. The fourth-order valence-corrected chi connectivity index (χ4v) is 2.48. The Morgan fingerprint density at radius 2 is 2.21 bits per heavy atom. The van der Waals surface area contributed by atoms with Crippen molar-refractivity contribution in [3.05, 3.63) is 23.8 Å². The minimum atomic E-state index is 0.488. The lowest BCUT2D eigenvalue weighted by Crippen LogP contribution is -1.85. The van der Waals surface area contributed by atoms with Gasteiger partial charge in [0.1, 0.15) is 5.75 Å². The average molecular weight is 228 g/mol. The van der Waals surface area contributed by atoms with Crippen LogP contribution in [0.25, 0.3) is 10.1 Å². The zero-order valence-corrected chi connectivity index (χ0v) is 9.28. The third-order valence-corrected chi connectivity index (χ3v) is 3.34. The maximum atomic E-state index is 5.78. The number of nitrogens with two attached hydrogens (primary N) is 1. The van der Waals surface area contributed by atoms with Gasteiger partial charge in [0, 0.05) is 5.88 Å². The number of methoxy groups -OCH3 is 1. The molecule has 2 rings (SSSR count). The minimum Gasteiger partial charge on any atom is -0.495 e. The molecule has 0 bridgehead atoms. The summed E-state index contributed by atoms with van der Waals surface area (Å²) in [6.07, 6.45) is 0. The molecule has 1 heterocycles. The molecule has 2 aromatic rings. The molecule has 1 aromatic carbocycles. The van der Waals surface area contributed by atoms with Crippen molar-refractivity contribution >= 4 is 38.0 Å². The number of halogens is 1. The summed E-state index contributed by atoms with van der Waals surface area (Å²) in [5.74, 6) is 1.34. The normalized spacial score (nSPS) is 10.7. The first-order valence-corrected chi connectivity index (χ1v) is 5.51. The molecule has 0 atom stereocenters. The molecule has 0 saturated carbocycles. The SMILES string of the molecule is COc1cc(CCl)cc2cc(N)sc12. The largest absolute Gasteiger partial charge is 0.495 e. The first-order valence-electron chi connectivity index (χ1n) is 4.16. The first kappa shape index (κ1) is 9.62. The predicted octanol–water partition coefficient (Wildman–Crippen LogP) is 3.23. The molecular formula is C10H10ClNOS. The Bertz CT molecular complexity index is 466. The van der Waals surface area contributed by atoms with Crippen molar-refractivity contribution < 1.29 is 4.74 Å². The van der Waals surface area contributed by atoms with Crippen LogP contribution >= 0.6 is 22.9 Å². The third kappa shape index (κ3) is 1.53. The molecule has 0 aliphatic rings. The number of hydrogen-bond acceptors (Lipinski definition) is 3. The molecule has 0 radical (unpaired) electrons. The highest BCUT2D eigenvalue weighted by Gasteiger charge is 2.07. The molecule has 1 aromatic heterocycles. The van der Waals surface area contributed by atoms with Crippen LogP contribution in [0.2, 0.25) is 0 Å². The van der Waals surface area contributed by atoms with Crippen LogP contribution in [-0.4, -0.2) is 7.11 Å². The Balaban J connectivity index is 2.72. The van der Waals surface area contributed by atoms with Gasteiger partial charge in [0.05, 0.1) is 16.8 Å². The smallest absolute Gasteiger partial charge is 0.137 e. The van der Waals surface area contributed by atoms with Crippen LogP contribution in [0.4, 0.5) is 5.00 Å². The summed E-state index contributed by atoms with van der Waals surface area (Å²) in [6.45, 7) is 0. The number of ether oxygens (including phenoxy) is 1. The Hall–Kier alpha value is -0.930. The van der Waals surface area contributed by atoms with Crippen LogP contribution in [0, 0.1) is 0 Å². The zero-order valence-electron chi connectivity index (χ0n) is 7.71. The summed E-state index contributed by atoms with van der Waals surface area (Å²) in [7, 11) is 1.66. The molecule has 2 N–H and O–H groups in total. The van der Waals surface area contributed by atoms with E-state index in [-0.39, 0.29) is 0 Å². The number of hydrogen-bond donors (Lipinski definition) is 1. The van der Waals surface area contributed by atoms with Gasteiger partial charge in [-0.05, 0) is 29.1 Å². The molecule has 74 valence electrons. The van der Waals surface area contributed by atoms with Crippen molar-refractivity contribution in [2.75, 3.05) is 12.8 Å². The van der Waals surface area contributed by atoms with Gasteiger partial charge in [-0.3, -0.25) is 0 Å². The minimum absolute atomic E-state index is 0.488. The summed E-state index contributed by atoms with van der Waals surface area (Å²) in [4.78, 5) is 0. The second-order valence-corrected chi connectivity index (χ2v) is 4.35. The number of alkyl halides is 1. The molecule has 0 aliphatic heterocycles. The molecular weight excluding hydrogens is 218 g/mol. The van der Waals surface area contributed by atoms with Gasteiger partial charge in [-0.15, -0.1) is 22.9 Å². The lowest BCUT2D eigenvalue weighted by atomic mass is 10.2. The van der Waals surface area contributed by atoms with Crippen LogP contribution in [0.15, 0.2) is 18.2 Å². The van der Waals surface area contributed by atoms with E-state index in [1.807, 2.05) is 18.2 Å². The summed E-state index contributed by atoms with van der Waals surface area (Å²) < 4.78 is 6.36. The second-order valence-electron chi connectivity index (χ2n) is 3.00. The van der Waals surface area contributed by atoms with Crippen LogP contribution in [0.3, 0.4) is 0 Å². The Morgan fingerprint density at radius 1 is 1.43 bits per heavy atom. The standard InChI is InChI=1S/C10H10ClNOS/c1-13-8-3-6(5-11)2-7-4-9(12)14-10(7)8/h2-4H,5,12H2,1H3. The Kier molecular flexibility index (Phi) is 2.52. The fraction of sp³-hybridized carbons (Fsp3) is 0.200. The Morgan fingerprint density at radius 3 is 2.86 bits per heavy atom. The number of anilines is 1. The van der Waals surface area contributed by atoms with Gasteiger partial charge >= 0.3 is 0 Å². The molecule has 0 spiro atoms. The van der Waals surface area contributed by atoms with Crippen molar-refractivity contribution in [1.82, 2.24) is 0 Å². The van der Waals surface area contributed by atoms with E-state index in [1.165, 1.54) is 11.3 Å². The summed E-state index contributed by atoms with van der Waals surface area (Å²) in [5.41, 5.74) is 6.79. The van der Waals surface area contributed by atoms with Crippen LogP contribution < -0.4 is 10.5 Å². The first-order chi connectivity index (χ1) is 6.74. The van der Waals surface area contributed by atoms with Crippen LogP contribution in [0.1, 0.15) is 5.56 Å². The lowest BCUT2D eigenvalue weighted by Gasteiger charge is -2.03. The summed E-state index contributed by atoms with van der Waals surface area (Å²) >= 11 is 7.31.